The Morgan fingerprint density at radius 3 is 2.65 bits per heavy atom. The van der Waals surface area contributed by atoms with Crippen LogP contribution in [0, 0.1) is 15.9 Å². The van der Waals surface area contributed by atoms with E-state index in [9.17, 15) is 14.5 Å². The van der Waals surface area contributed by atoms with Gasteiger partial charge in [-0.25, -0.2) is 9.37 Å². The molecular weight excluding hydrogens is 409 g/mol. The van der Waals surface area contributed by atoms with Crippen molar-refractivity contribution in [3.05, 3.63) is 62.9 Å². The van der Waals surface area contributed by atoms with Crippen LogP contribution in [0.5, 0.6) is 0 Å². The predicted octanol–water partition coefficient (Wildman–Crippen LogP) is 5.13. The molecule has 1 aromatic heterocycles. The van der Waals surface area contributed by atoms with Crippen molar-refractivity contribution < 1.29 is 9.31 Å². The molecule has 0 spiro atoms. The van der Waals surface area contributed by atoms with E-state index in [1.54, 1.807) is 12.1 Å². The number of nitrogens with zero attached hydrogens (tertiary/aromatic N) is 2. The molecule has 2 aromatic carbocycles. The number of aromatic amines is 1. The van der Waals surface area contributed by atoms with Crippen LogP contribution in [0.25, 0.3) is 11.0 Å². The number of thioether (sulfide) groups is 1. The van der Waals surface area contributed by atoms with Crippen LogP contribution >= 0.6 is 40.3 Å². The van der Waals surface area contributed by atoms with E-state index in [2.05, 4.69) is 9.97 Å². The summed E-state index contributed by atoms with van der Waals surface area (Å²) < 4.78 is 13.4. The van der Waals surface area contributed by atoms with Crippen LogP contribution in [0.15, 0.2) is 41.6 Å². The minimum atomic E-state index is -0.496. The molecule has 3 aromatic rings. The third kappa shape index (κ3) is 4.01. The molecule has 0 saturated heterocycles. The van der Waals surface area contributed by atoms with Crippen molar-refractivity contribution in [1.82, 2.24) is 9.97 Å². The maximum atomic E-state index is 13.4. The molecule has 0 bridgehead atoms. The number of fused-ring (bicyclic) bond motifs is 1. The van der Waals surface area contributed by atoms with Crippen molar-refractivity contribution in [2.75, 3.05) is 0 Å². The first-order valence-electron chi connectivity index (χ1n) is 6.24. The summed E-state index contributed by atoms with van der Waals surface area (Å²) in [6, 6.07) is 9.10. The molecule has 1 heterocycles. The molecule has 0 amide bonds. The topological polar surface area (TPSA) is 71.8 Å². The van der Waals surface area contributed by atoms with Gasteiger partial charge in [0.05, 0.1) is 21.0 Å². The second-order valence-corrected chi connectivity index (χ2v) is 5.91. The number of hydrogen-bond acceptors (Lipinski definition) is 4. The summed E-state index contributed by atoms with van der Waals surface area (Å²) in [5.74, 6) is 0.0957. The van der Waals surface area contributed by atoms with E-state index < -0.39 is 10.7 Å². The smallest absolute Gasteiger partial charge is 0.269 e. The van der Waals surface area contributed by atoms with E-state index in [0.717, 1.165) is 5.56 Å². The van der Waals surface area contributed by atoms with Gasteiger partial charge >= 0.3 is 0 Å². The molecule has 0 atom stereocenters. The van der Waals surface area contributed by atoms with E-state index in [-0.39, 0.29) is 27.7 Å². The second kappa shape index (κ2) is 7.29. The lowest BCUT2D eigenvalue weighted by Gasteiger charge is -1.98. The van der Waals surface area contributed by atoms with Crippen LogP contribution in [-0.2, 0) is 5.75 Å². The molecule has 1 N–H and O–H groups in total. The number of benzene rings is 2. The third-order valence-electron chi connectivity index (χ3n) is 3.02. The zero-order chi connectivity index (χ0) is 15.7. The van der Waals surface area contributed by atoms with Crippen molar-refractivity contribution in [3.8, 4) is 0 Å². The normalized spacial score (nSPS) is 10.5. The Kier molecular flexibility index (Phi) is 5.61. The first-order chi connectivity index (χ1) is 10.5. The minimum Gasteiger partial charge on any atom is -0.333 e. The number of hydrogen-bond donors (Lipinski definition) is 1. The summed E-state index contributed by atoms with van der Waals surface area (Å²) >= 11 is 7.14. The zero-order valence-electron chi connectivity index (χ0n) is 11.5. The number of H-pyrrole nitrogens is 1. The lowest BCUT2D eigenvalue weighted by Crippen LogP contribution is -1.88. The van der Waals surface area contributed by atoms with E-state index in [1.165, 1.54) is 36.0 Å². The molecule has 9 heteroatoms. The molecule has 0 radical (unpaired) electrons. The fourth-order valence-corrected chi connectivity index (χ4v) is 2.91. The molecule has 0 aliphatic heterocycles. The highest BCUT2D eigenvalue weighted by Gasteiger charge is 2.09. The van der Waals surface area contributed by atoms with Crippen LogP contribution in [-0.4, -0.2) is 14.9 Å². The third-order valence-corrected chi connectivity index (χ3v) is 4.26. The number of nitro groups is 1. The van der Waals surface area contributed by atoms with E-state index in [0.29, 0.717) is 21.9 Å². The number of nitrogens with one attached hydrogen (secondary N) is 1. The quantitative estimate of drug-likeness (QED) is 0.362. The summed E-state index contributed by atoms with van der Waals surface area (Å²) in [7, 11) is 0. The van der Waals surface area contributed by atoms with E-state index >= 15 is 0 Å². The number of halogens is 3. The monoisotopic (exact) mass is 417 g/mol. The van der Waals surface area contributed by atoms with Crippen molar-refractivity contribution in [1.29, 1.82) is 0 Å². The molecule has 0 unspecified atom stereocenters. The van der Waals surface area contributed by atoms with Crippen LogP contribution in [0.3, 0.4) is 0 Å². The van der Waals surface area contributed by atoms with Gasteiger partial charge in [-0.05, 0) is 11.6 Å². The Morgan fingerprint density at radius 1 is 1.30 bits per heavy atom. The average Bonchev–Trinajstić information content (AvgIpc) is 2.88. The van der Waals surface area contributed by atoms with Crippen molar-refractivity contribution in [2.24, 2.45) is 0 Å². The average molecular weight is 419 g/mol. The molecule has 0 saturated carbocycles. The van der Waals surface area contributed by atoms with Crippen LogP contribution in [0.2, 0.25) is 5.02 Å². The van der Waals surface area contributed by atoms with Gasteiger partial charge in [-0.3, -0.25) is 10.1 Å². The number of nitro benzene ring substituents is 1. The predicted molar refractivity (Wildman–Crippen MR) is 94.0 cm³/mol. The molecule has 0 aliphatic carbocycles. The van der Waals surface area contributed by atoms with Crippen LogP contribution in [0.4, 0.5) is 10.1 Å². The van der Waals surface area contributed by atoms with Gasteiger partial charge in [-0.15, -0.1) is 17.0 Å². The maximum Gasteiger partial charge on any atom is 0.269 e. The summed E-state index contributed by atoms with van der Waals surface area (Å²) in [6.07, 6.45) is 0. The molecule has 0 aliphatic rings. The highest BCUT2D eigenvalue weighted by atomic mass is 79.9. The molecule has 0 fully saturated rings. The van der Waals surface area contributed by atoms with Gasteiger partial charge in [-0.2, -0.15) is 0 Å². The van der Waals surface area contributed by atoms with Gasteiger partial charge in [0.1, 0.15) is 5.82 Å². The number of non-ortho nitro benzene ring substituents is 1. The highest BCUT2D eigenvalue weighted by Crippen LogP contribution is 2.26. The van der Waals surface area contributed by atoms with Gasteiger partial charge in [0, 0.05) is 24.0 Å². The number of imidazole rings is 1. The first kappa shape index (κ1) is 17.7. The SMILES string of the molecule is Br.O=[N+]([O-])c1ccc(CSc2nc3cc(Cl)c(F)cc3[nH]2)cc1. The highest BCUT2D eigenvalue weighted by molar-refractivity contribution is 8.93. The summed E-state index contributed by atoms with van der Waals surface area (Å²) in [4.78, 5) is 17.5. The van der Waals surface area contributed by atoms with Crippen molar-refractivity contribution in [2.45, 2.75) is 10.9 Å². The van der Waals surface area contributed by atoms with E-state index in [1.807, 2.05) is 0 Å². The lowest BCUT2D eigenvalue weighted by atomic mass is 10.2. The lowest BCUT2D eigenvalue weighted by molar-refractivity contribution is -0.384. The van der Waals surface area contributed by atoms with Crippen molar-refractivity contribution >= 4 is 57.1 Å². The van der Waals surface area contributed by atoms with Gasteiger partial charge in [0.15, 0.2) is 5.16 Å². The number of rotatable bonds is 4. The van der Waals surface area contributed by atoms with E-state index in [4.69, 9.17) is 11.6 Å². The second-order valence-electron chi connectivity index (χ2n) is 4.54. The van der Waals surface area contributed by atoms with Crippen LogP contribution in [0.1, 0.15) is 5.56 Å². The van der Waals surface area contributed by atoms with Gasteiger partial charge < -0.3 is 4.98 Å². The number of aromatic nitrogens is 2. The molecule has 23 heavy (non-hydrogen) atoms. The largest absolute Gasteiger partial charge is 0.333 e. The fraction of sp³-hybridized carbons (Fsp3) is 0.0714. The standard InChI is InChI=1S/C14H9ClFN3O2S.BrH/c15-10-5-12-13(6-11(10)16)18-14(17-12)22-7-8-1-3-9(4-2-8)19(20)21;/h1-6H,7H2,(H,17,18);1H. The molecule has 5 nitrogen and oxygen atoms in total. The Labute approximate surface area is 150 Å². The summed E-state index contributed by atoms with van der Waals surface area (Å²) in [5, 5.41) is 11.3. The summed E-state index contributed by atoms with van der Waals surface area (Å²) in [6.45, 7) is 0. The van der Waals surface area contributed by atoms with Gasteiger partial charge in [0.2, 0.25) is 0 Å². The van der Waals surface area contributed by atoms with Gasteiger partial charge in [-0.1, -0.05) is 35.5 Å². The maximum absolute atomic E-state index is 13.4. The Morgan fingerprint density at radius 2 is 2.00 bits per heavy atom. The first-order valence-corrected chi connectivity index (χ1v) is 7.60. The van der Waals surface area contributed by atoms with Gasteiger partial charge in [0.25, 0.3) is 5.69 Å². The Bertz CT molecular complexity index is 818. The Balaban J connectivity index is 0.00000192. The Hall–Kier alpha value is -1.64. The molecule has 3 rings (SSSR count). The fourth-order valence-electron chi connectivity index (χ4n) is 1.92. The van der Waals surface area contributed by atoms with Crippen LogP contribution < -0.4 is 0 Å². The minimum absolute atomic E-state index is 0. The summed E-state index contributed by atoms with van der Waals surface area (Å²) in [5.41, 5.74) is 2.16. The van der Waals surface area contributed by atoms with Crippen molar-refractivity contribution in [3.63, 3.8) is 0 Å². The molecular formula is C14H10BrClFN3O2S. The molecule has 120 valence electrons. The zero-order valence-corrected chi connectivity index (χ0v) is 14.7.